The van der Waals surface area contributed by atoms with Crippen LogP contribution in [0.4, 0.5) is 4.39 Å². The molecule has 2 aromatic carbocycles. The highest BCUT2D eigenvalue weighted by Crippen LogP contribution is 2.19. The predicted octanol–water partition coefficient (Wildman–Crippen LogP) is 3.04. The Balaban J connectivity index is 1.42. The van der Waals surface area contributed by atoms with E-state index in [4.69, 9.17) is 0 Å². The SMILES string of the molecule is O=C(NCCc1ccc(F)cc1)C1CCN(C(=O)c2ccccc2)CC1. The Kier molecular flexibility index (Phi) is 6.00. The number of nitrogens with zero attached hydrogens (tertiary/aromatic N) is 1. The molecule has 0 aromatic heterocycles. The fourth-order valence-corrected chi connectivity index (χ4v) is 3.23. The van der Waals surface area contributed by atoms with Crippen molar-refractivity contribution in [3.8, 4) is 0 Å². The lowest BCUT2D eigenvalue weighted by atomic mass is 9.95. The number of halogens is 1. The molecule has 2 aromatic rings. The van der Waals surface area contributed by atoms with Gasteiger partial charge in [0.05, 0.1) is 0 Å². The van der Waals surface area contributed by atoms with Crippen LogP contribution in [0.25, 0.3) is 0 Å². The van der Waals surface area contributed by atoms with Gasteiger partial charge in [-0.05, 0) is 49.1 Å². The Morgan fingerprint density at radius 1 is 1.00 bits per heavy atom. The quantitative estimate of drug-likeness (QED) is 0.897. The Morgan fingerprint density at radius 2 is 1.65 bits per heavy atom. The molecule has 1 saturated heterocycles. The summed E-state index contributed by atoms with van der Waals surface area (Å²) >= 11 is 0. The molecule has 0 aliphatic carbocycles. The minimum Gasteiger partial charge on any atom is -0.356 e. The number of rotatable bonds is 5. The summed E-state index contributed by atoms with van der Waals surface area (Å²) < 4.78 is 12.9. The first-order valence-corrected chi connectivity index (χ1v) is 9.00. The van der Waals surface area contributed by atoms with Crippen molar-refractivity contribution in [1.29, 1.82) is 0 Å². The number of amides is 2. The molecule has 4 nitrogen and oxygen atoms in total. The van der Waals surface area contributed by atoms with Gasteiger partial charge in [-0.1, -0.05) is 30.3 Å². The highest BCUT2D eigenvalue weighted by Gasteiger charge is 2.27. The number of piperidine rings is 1. The molecule has 136 valence electrons. The third-order valence-electron chi connectivity index (χ3n) is 4.80. The lowest BCUT2D eigenvalue weighted by Crippen LogP contribution is -2.43. The van der Waals surface area contributed by atoms with Gasteiger partial charge in [0.1, 0.15) is 5.82 Å². The maximum Gasteiger partial charge on any atom is 0.253 e. The summed E-state index contributed by atoms with van der Waals surface area (Å²) in [5.41, 5.74) is 1.68. The van der Waals surface area contributed by atoms with Crippen LogP contribution in [0.3, 0.4) is 0 Å². The van der Waals surface area contributed by atoms with Crippen molar-refractivity contribution < 1.29 is 14.0 Å². The van der Waals surface area contributed by atoms with E-state index in [-0.39, 0.29) is 23.5 Å². The molecule has 1 aliphatic heterocycles. The predicted molar refractivity (Wildman–Crippen MR) is 98.2 cm³/mol. The van der Waals surface area contributed by atoms with Crippen molar-refractivity contribution in [2.45, 2.75) is 19.3 Å². The van der Waals surface area contributed by atoms with Crippen LogP contribution in [-0.4, -0.2) is 36.3 Å². The number of nitrogens with one attached hydrogen (secondary N) is 1. The number of carbonyl (C=O) groups excluding carboxylic acids is 2. The van der Waals surface area contributed by atoms with Crippen LogP contribution in [0, 0.1) is 11.7 Å². The van der Waals surface area contributed by atoms with E-state index < -0.39 is 0 Å². The number of likely N-dealkylation sites (tertiary alicyclic amines) is 1. The van der Waals surface area contributed by atoms with Gasteiger partial charge in [0, 0.05) is 31.1 Å². The van der Waals surface area contributed by atoms with E-state index in [9.17, 15) is 14.0 Å². The van der Waals surface area contributed by atoms with E-state index in [2.05, 4.69) is 5.32 Å². The van der Waals surface area contributed by atoms with Crippen molar-refractivity contribution in [2.24, 2.45) is 5.92 Å². The van der Waals surface area contributed by atoms with Crippen molar-refractivity contribution in [3.05, 3.63) is 71.5 Å². The Bertz CT molecular complexity index is 738. The number of hydrogen-bond acceptors (Lipinski definition) is 2. The van der Waals surface area contributed by atoms with Crippen LogP contribution in [0.5, 0.6) is 0 Å². The normalized spacial score (nSPS) is 14.9. The summed E-state index contributed by atoms with van der Waals surface area (Å²) in [7, 11) is 0. The second-order valence-electron chi connectivity index (χ2n) is 6.60. The smallest absolute Gasteiger partial charge is 0.253 e. The van der Waals surface area contributed by atoms with Gasteiger partial charge >= 0.3 is 0 Å². The zero-order valence-corrected chi connectivity index (χ0v) is 14.7. The minimum absolute atomic E-state index is 0.0285. The molecule has 1 N–H and O–H groups in total. The number of hydrogen-bond donors (Lipinski definition) is 1. The van der Waals surface area contributed by atoms with Gasteiger partial charge in [-0.25, -0.2) is 4.39 Å². The van der Waals surface area contributed by atoms with Crippen molar-refractivity contribution in [1.82, 2.24) is 10.2 Å². The molecule has 1 heterocycles. The highest BCUT2D eigenvalue weighted by atomic mass is 19.1. The average Bonchev–Trinajstić information content (AvgIpc) is 2.69. The molecular weight excluding hydrogens is 331 g/mol. The average molecular weight is 354 g/mol. The third kappa shape index (κ3) is 4.69. The number of carbonyl (C=O) groups is 2. The molecule has 0 spiro atoms. The van der Waals surface area contributed by atoms with Crippen LogP contribution in [0.2, 0.25) is 0 Å². The van der Waals surface area contributed by atoms with Gasteiger partial charge in [0.15, 0.2) is 0 Å². The van der Waals surface area contributed by atoms with Crippen LogP contribution < -0.4 is 5.32 Å². The lowest BCUT2D eigenvalue weighted by molar-refractivity contribution is -0.126. The molecule has 0 saturated carbocycles. The Labute approximate surface area is 153 Å². The second-order valence-corrected chi connectivity index (χ2v) is 6.60. The summed E-state index contributed by atoms with van der Waals surface area (Å²) in [6.45, 7) is 1.74. The van der Waals surface area contributed by atoms with E-state index >= 15 is 0 Å². The van der Waals surface area contributed by atoms with E-state index in [0.717, 1.165) is 5.56 Å². The molecule has 0 unspecified atom stereocenters. The van der Waals surface area contributed by atoms with Gasteiger partial charge in [-0.2, -0.15) is 0 Å². The summed E-state index contributed by atoms with van der Waals surface area (Å²) in [5.74, 6) is -0.239. The highest BCUT2D eigenvalue weighted by molar-refractivity contribution is 5.94. The maximum absolute atomic E-state index is 12.9. The zero-order chi connectivity index (χ0) is 18.4. The molecule has 0 atom stereocenters. The minimum atomic E-state index is -0.255. The zero-order valence-electron chi connectivity index (χ0n) is 14.7. The summed E-state index contributed by atoms with van der Waals surface area (Å²) in [4.78, 5) is 26.6. The fraction of sp³-hybridized carbons (Fsp3) is 0.333. The van der Waals surface area contributed by atoms with Crippen molar-refractivity contribution >= 4 is 11.8 Å². The summed E-state index contributed by atoms with van der Waals surface area (Å²) in [6, 6.07) is 15.5. The molecule has 3 rings (SSSR count). The van der Waals surface area contributed by atoms with Gasteiger partial charge in [0.25, 0.3) is 5.91 Å². The third-order valence-corrected chi connectivity index (χ3v) is 4.80. The van der Waals surface area contributed by atoms with Crippen LogP contribution >= 0.6 is 0 Å². The molecule has 1 fully saturated rings. The lowest BCUT2D eigenvalue weighted by Gasteiger charge is -2.31. The number of benzene rings is 2. The molecule has 2 amide bonds. The molecule has 1 aliphatic rings. The first-order valence-electron chi connectivity index (χ1n) is 9.00. The standard InChI is InChI=1S/C21H23FN2O2/c22-19-8-6-16(7-9-19)10-13-23-20(25)17-11-14-24(15-12-17)21(26)18-4-2-1-3-5-18/h1-9,17H,10-15H2,(H,23,25). The van der Waals surface area contributed by atoms with Gasteiger partial charge in [-0.3, -0.25) is 9.59 Å². The summed E-state index contributed by atoms with van der Waals surface area (Å²) in [5, 5.41) is 2.96. The van der Waals surface area contributed by atoms with Crippen LogP contribution in [-0.2, 0) is 11.2 Å². The Morgan fingerprint density at radius 3 is 2.31 bits per heavy atom. The molecule has 0 radical (unpaired) electrons. The second kappa shape index (κ2) is 8.61. The van der Waals surface area contributed by atoms with E-state index in [1.165, 1.54) is 12.1 Å². The van der Waals surface area contributed by atoms with E-state index in [1.807, 2.05) is 35.2 Å². The van der Waals surface area contributed by atoms with Crippen molar-refractivity contribution in [2.75, 3.05) is 19.6 Å². The fourth-order valence-electron chi connectivity index (χ4n) is 3.23. The van der Waals surface area contributed by atoms with E-state index in [1.54, 1.807) is 12.1 Å². The van der Waals surface area contributed by atoms with E-state index in [0.29, 0.717) is 44.5 Å². The topological polar surface area (TPSA) is 49.4 Å². The van der Waals surface area contributed by atoms with Gasteiger partial charge in [-0.15, -0.1) is 0 Å². The van der Waals surface area contributed by atoms with Crippen LogP contribution in [0.15, 0.2) is 54.6 Å². The largest absolute Gasteiger partial charge is 0.356 e. The Hall–Kier alpha value is -2.69. The molecular formula is C21H23FN2O2. The van der Waals surface area contributed by atoms with Gasteiger partial charge in [0.2, 0.25) is 5.91 Å². The molecule has 26 heavy (non-hydrogen) atoms. The van der Waals surface area contributed by atoms with Gasteiger partial charge < -0.3 is 10.2 Å². The first kappa shape index (κ1) is 18.1. The maximum atomic E-state index is 12.9. The molecule has 5 heteroatoms. The molecule has 0 bridgehead atoms. The van der Waals surface area contributed by atoms with Crippen LogP contribution in [0.1, 0.15) is 28.8 Å². The van der Waals surface area contributed by atoms with Crippen molar-refractivity contribution in [3.63, 3.8) is 0 Å². The first-order chi connectivity index (χ1) is 12.6. The monoisotopic (exact) mass is 354 g/mol. The summed E-state index contributed by atoms with van der Waals surface area (Å²) in [6.07, 6.45) is 2.04.